The van der Waals surface area contributed by atoms with Crippen LogP contribution in [0.1, 0.15) is 11.1 Å². The van der Waals surface area contributed by atoms with Crippen LogP contribution in [0, 0.1) is 0 Å². The second-order valence-electron chi connectivity index (χ2n) is 5.74. The Kier molecular flexibility index (Phi) is 5.49. The Bertz CT molecular complexity index is 846. The van der Waals surface area contributed by atoms with Crippen molar-refractivity contribution in [2.75, 3.05) is 14.2 Å². The number of carbonyl (C=O) groups is 1. The lowest BCUT2D eigenvalue weighted by molar-refractivity contribution is -0.111. The van der Waals surface area contributed by atoms with Crippen molar-refractivity contribution in [3.8, 4) is 11.5 Å². The molecular weight excluding hydrogens is 324 g/mol. The lowest BCUT2D eigenvalue weighted by Gasteiger charge is -2.10. The van der Waals surface area contributed by atoms with E-state index in [2.05, 4.69) is 0 Å². The van der Waals surface area contributed by atoms with E-state index >= 15 is 0 Å². The molecule has 0 spiro atoms. The van der Waals surface area contributed by atoms with Crippen LogP contribution in [0.4, 0.5) is 0 Å². The summed E-state index contributed by atoms with van der Waals surface area (Å²) in [5, 5.41) is 0. The smallest absolute Gasteiger partial charge is 0.185 e. The molecule has 0 saturated heterocycles. The Labute approximate surface area is 153 Å². The number of ether oxygens (including phenoxy) is 2. The van der Waals surface area contributed by atoms with E-state index in [0.717, 1.165) is 28.2 Å². The van der Waals surface area contributed by atoms with E-state index in [0.29, 0.717) is 5.57 Å². The van der Waals surface area contributed by atoms with E-state index < -0.39 is 0 Å². The number of hydrogen-bond donors (Lipinski definition) is 0. The molecule has 1 aliphatic rings. The minimum Gasteiger partial charge on any atom is -0.497 e. The summed E-state index contributed by atoms with van der Waals surface area (Å²) < 4.78 is 10.5. The monoisotopic (exact) mass is 344 g/mol. The highest BCUT2D eigenvalue weighted by Crippen LogP contribution is 2.27. The van der Waals surface area contributed by atoms with E-state index in [1.54, 1.807) is 26.4 Å². The summed E-state index contributed by atoms with van der Waals surface area (Å²) in [6.45, 7) is 0. The molecule has 3 nitrogen and oxygen atoms in total. The third-order valence-electron chi connectivity index (χ3n) is 4.15. The summed E-state index contributed by atoms with van der Waals surface area (Å²) in [5.74, 6) is 1.61. The molecule has 0 unspecified atom stereocenters. The summed E-state index contributed by atoms with van der Waals surface area (Å²) in [7, 11) is 3.29. The summed E-state index contributed by atoms with van der Waals surface area (Å²) in [4.78, 5) is 12.0. The maximum Gasteiger partial charge on any atom is 0.185 e. The average Bonchev–Trinajstić information content (AvgIpc) is 2.70. The number of rotatable bonds is 5. The number of ketones is 1. The van der Waals surface area contributed by atoms with E-state index in [1.807, 2.05) is 72.8 Å². The number of benzene rings is 2. The summed E-state index contributed by atoms with van der Waals surface area (Å²) in [6, 6.07) is 15.7. The van der Waals surface area contributed by atoms with Crippen molar-refractivity contribution in [3.63, 3.8) is 0 Å². The molecule has 0 bridgehead atoms. The number of hydrogen-bond acceptors (Lipinski definition) is 3. The van der Waals surface area contributed by atoms with Gasteiger partial charge in [-0.1, -0.05) is 54.6 Å². The van der Waals surface area contributed by atoms with Crippen LogP contribution in [-0.4, -0.2) is 20.0 Å². The van der Waals surface area contributed by atoms with E-state index in [1.165, 1.54) is 0 Å². The second-order valence-corrected chi connectivity index (χ2v) is 5.74. The number of carbonyl (C=O) groups excluding carboxylic acids is 1. The first kappa shape index (κ1) is 17.5. The first-order chi connectivity index (χ1) is 12.7. The van der Waals surface area contributed by atoms with Crippen LogP contribution in [0.2, 0.25) is 0 Å². The molecule has 0 aliphatic heterocycles. The van der Waals surface area contributed by atoms with Gasteiger partial charge in [0.2, 0.25) is 0 Å². The fraction of sp³-hybridized carbons (Fsp3) is 0.0870. The van der Waals surface area contributed by atoms with Crippen LogP contribution < -0.4 is 9.47 Å². The van der Waals surface area contributed by atoms with Gasteiger partial charge in [0.05, 0.1) is 14.2 Å². The van der Waals surface area contributed by atoms with Gasteiger partial charge in [0.25, 0.3) is 0 Å². The largest absolute Gasteiger partial charge is 0.497 e. The third-order valence-corrected chi connectivity index (χ3v) is 4.15. The van der Waals surface area contributed by atoms with E-state index in [-0.39, 0.29) is 5.78 Å². The van der Waals surface area contributed by atoms with Gasteiger partial charge in [0.1, 0.15) is 11.5 Å². The maximum absolute atomic E-state index is 12.0. The van der Waals surface area contributed by atoms with Crippen LogP contribution in [0.25, 0.3) is 5.57 Å². The van der Waals surface area contributed by atoms with E-state index in [4.69, 9.17) is 9.47 Å². The molecular formula is C23H20O3. The first-order valence-corrected chi connectivity index (χ1v) is 8.31. The Morgan fingerprint density at radius 2 is 1.27 bits per heavy atom. The fourth-order valence-electron chi connectivity index (χ4n) is 2.69. The van der Waals surface area contributed by atoms with E-state index in [9.17, 15) is 4.79 Å². The van der Waals surface area contributed by atoms with Crippen molar-refractivity contribution in [2.45, 2.75) is 0 Å². The van der Waals surface area contributed by atoms with Gasteiger partial charge in [-0.05, 0) is 47.0 Å². The first-order valence-electron chi connectivity index (χ1n) is 8.31. The maximum atomic E-state index is 12.0. The minimum atomic E-state index is 0.00700. The SMILES string of the molecule is COc1ccc(C(=C/C=C2/C=CC=CC2=O)c2ccc(OC)cc2)cc1. The zero-order valence-electron chi connectivity index (χ0n) is 14.8. The molecule has 0 radical (unpaired) electrons. The van der Waals surface area contributed by atoms with Crippen LogP contribution in [0.5, 0.6) is 11.5 Å². The number of methoxy groups -OCH3 is 2. The van der Waals surface area contributed by atoms with Crippen molar-refractivity contribution in [3.05, 3.63) is 102 Å². The number of allylic oxidation sites excluding steroid dienone is 7. The zero-order valence-corrected chi connectivity index (χ0v) is 14.8. The van der Waals surface area contributed by atoms with Gasteiger partial charge >= 0.3 is 0 Å². The van der Waals surface area contributed by atoms with Gasteiger partial charge in [-0.3, -0.25) is 4.79 Å². The quantitative estimate of drug-likeness (QED) is 0.734. The fourth-order valence-corrected chi connectivity index (χ4v) is 2.69. The molecule has 0 aromatic heterocycles. The highest BCUT2D eigenvalue weighted by atomic mass is 16.5. The normalized spacial score (nSPS) is 14.4. The molecule has 2 aromatic carbocycles. The molecule has 0 N–H and O–H groups in total. The van der Waals surface area contributed by atoms with Gasteiger partial charge in [0, 0.05) is 5.57 Å². The van der Waals surface area contributed by atoms with Gasteiger partial charge in [-0.25, -0.2) is 0 Å². The molecule has 26 heavy (non-hydrogen) atoms. The third kappa shape index (κ3) is 4.01. The molecule has 0 atom stereocenters. The Morgan fingerprint density at radius 1 is 0.769 bits per heavy atom. The molecule has 0 fully saturated rings. The van der Waals surface area contributed by atoms with Gasteiger partial charge in [0.15, 0.2) is 5.78 Å². The predicted octanol–water partition coefficient (Wildman–Crippen LogP) is 4.76. The Hall–Kier alpha value is -3.33. The molecule has 2 aromatic rings. The van der Waals surface area contributed by atoms with Crippen molar-refractivity contribution in [1.82, 2.24) is 0 Å². The predicted molar refractivity (Wildman–Crippen MR) is 104 cm³/mol. The highest BCUT2D eigenvalue weighted by molar-refractivity contribution is 6.07. The highest BCUT2D eigenvalue weighted by Gasteiger charge is 2.08. The molecule has 1 aliphatic carbocycles. The molecule has 3 heteroatoms. The summed E-state index contributed by atoms with van der Waals surface area (Å²) in [6.07, 6.45) is 10.8. The summed E-state index contributed by atoms with van der Waals surface area (Å²) >= 11 is 0. The molecule has 0 amide bonds. The zero-order chi connectivity index (χ0) is 18.4. The minimum absolute atomic E-state index is 0.00700. The molecule has 130 valence electrons. The van der Waals surface area contributed by atoms with Crippen molar-refractivity contribution in [1.29, 1.82) is 0 Å². The second kappa shape index (κ2) is 8.17. The van der Waals surface area contributed by atoms with Gasteiger partial charge in [-0.15, -0.1) is 0 Å². The van der Waals surface area contributed by atoms with Crippen molar-refractivity contribution < 1.29 is 14.3 Å². The van der Waals surface area contributed by atoms with Crippen molar-refractivity contribution >= 4 is 11.4 Å². The van der Waals surface area contributed by atoms with Crippen LogP contribution in [-0.2, 0) is 4.79 Å². The van der Waals surface area contributed by atoms with Crippen LogP contribution in [0.15, 0.2) is 90.6 Å². The molecule has 3 rings (SSSR count). The van der Waals surface area contributed by atoms with Gasteiger partial charge in [-0.2, -0.15) is 0 Å². The van der Waals surface area contributed by atoms with Crippen LogP contribution >= 0.6 is 0 Å². The average molecular weight is 344 g/mol. The Balaban J connectivity index is 2.03. The molecule has 0 heterocycles. The Morgan fingerprint density at radius 3 is 1.73 bits per heavy atom. The van der Waals surface area contributed by atoms with Crippen molar-refractivity contribution in [2.24, 2.45) is 0 Å². The standard InChI is InChI=1S/C23H20O3/c1-25-20-12-7-17(8-13-20)22(18-9-14-21(26-2)15-10-18)16-11-19-5-3-4-6-23(19)24/h3-16H,1-2H3/b19-11-. The molecule has 0 saturated carbocycles. The lowest BCUT2D eigenvalue weighted by Crippen LogP contribution is -1.98. The topological polar surface area (TPSA) is 35.5 Å². The lowest BCUT2D eigenvalue weighted by atomic mass is 9.96. The van der Waals surface area contributed by atoms with Crippen LogP contribution in [0.3, 0.4) is 0 Å². The summed E-state index contributed by atoms with van der Waals surface area (Å²) in [5.41, 5.74) is 3.75. The van der Waals surface area contributed by atoms with Gasteiger partial charge < -0.3 is 9.47 Å².